The van der Waals surface area contributed by atoms with Crippen LogP contribution in [0.1, 0.15) is 49.7 Å². The maximum absolute atomic E-state index is 9.41. The van der Waals surface area contributed by atoms with E-state index in [-0.39, 0.29) is 0 Å². The molecule has 4 aliphatic rings. The molecule has 4 bridgehead atoms. The van der Waals surface area contributed by atoms with Crippen LogP contribution in [0.3, 0.4) is 0 Å². The highest BCUT2D eigenvalue weighted by atomic mass is 15.0. The van der Waals surface area contributed by atoms with E-state index in [1.165, 1.54) is 44.1 Å². The first kappa shape index (κ1) is 27.2. The van der Waals surface area contributed by atoms with Gasteiger partial charge in [0.2, 0.25) is 0 Å². The maximum Gasteiger partial charge on any atom is 0.164 e. The quantitative estimate of drug-likeness (QED) is 0.199. The molecule has 4 nitrogen and oxygen atoms in total. The fraction of sp³-hybridized carbons (Fsp3) is 0.238. The van der Waals surface area contributed by atoms with Crippen LogP contribution in [0.4, 0.5) is 0 Å². The minimum Gasteiger partial charge on any atom is -0.208 e. The minimum absolute atomic E-state index is 0.366. The third-order valence-electron chi connectivity index (χ3n) is 10.9. The first-order valence-corrected chi connectivity index (χ1v) is 16.6. The van der Waals surface area contributed by atoms with Gasteiger partial charge in [-0.05, 0) is 107 Å². The first-order chi connectivity index (χ1) is 22.6. The van der Waals surface area contributed by atoms with Crippen molar-refractivity contribution in [3.05, 3.63) is 126 Å². The van der Waals surface area contributed by atoms with Crippen LogP contribution in [0.2, 0.25) is 0 Å². The third kappa shape index (κ3) is 4.70. The molecule has 1 aromatic heterocycles. The molecule has 6 aromatic rings. The van der Waals surface area contributed by atoms with Crippen LogP contribution in [-0.4, -0.2) is 15.0 Å². The van der Waals surface area contributed by atoms with Crippen molar-refractivity contribution in [1.29, 1.82) is 5.26 Å². The Kier molecular flexibility index (Phi) is 6.35. The number of hydrogen-bond acceptors (Lipinski definition) is 4. The Balaban J connectivity index is 1.12. The summed E-state index contributed by atoms with van der Waals surface area (Å²) in [6, 6.07) is 42.2. The Hall–Kier alpha value is -5.14. The third-order valence-corrected chi connectivity index (χ3v) is 10.9. The molecule has 0 N–H and O–H groups in total. The van der Waals surface area contributed by atoms with E-state index in [0.717, 1.165) is 56.3 Å². The number of benzene rings is 5. The fourth-order valence-electron chi connectivity index (χ4n) is 9.22. The first-order valence-electron chi connectivity index (χ1n) is 16.6. The molecule has 10 rings (SSSR count). The van der Waals surface area contributed by atoms with Gasteiger partial charge in [0, 0.05) is 16.7 Å². The second kappa shape index (κ2) is 10.7. The zero-order valence-corrected chi connectivity index (χ0v) is 25.7. The van der Waals surface area contributed by atoms with Gasteiger partial charge in [0.1, 0.15) is 0 Å². The highest BCUT2D eigenvalue weighted by molar-refractivity contribution is 5.97. The Morgan fingerprint density at radius 2 is 1.13 bits per heavy atom. The number of hydrogen-bond donors (Lipinski definition) is 0. The predicted octanol–water partition coefficient (Wildman–Crippen LogP) is 10.0. The number of fused-ring (bicyclic) bond motifs is 1. The van der Waals surface area contributed by atoms with Gasteiger partial charge in [-0.3, -0.25) is 0 Å². The van der Waals surface area contributed by atoms with Gasteiger partial charge < -0.3 is 0 Å². The molecule has 0 saturated heterocycles. The van der Waals surface area contributed by atoms with Crippen LogP contribution in [-0.2, 0) is 5.41 Å². The summed E-state index contributed by atoms with van der Waals surface area (Å²) in [5, 5.41) is 11.6. The van der Waals surface area contributed by atoms with E-state index in [2.05, 4.69) is 78.9 Å². The smallest absolute Gasteiger partial charge is 0.164 e. The van der Waals surface area contributed by atoms with Crippen molar-refractivity contribution < 1.29 is 0 Å². The Morgan fingerprint density at radius 1 is 0.543 bits per heavy atom. The Labute approximate surface area is 269 Å². The molecule has 0 aliphatic heterocycles. The number of nitrogens with zero attached hydrogens (tertiary/aromatic N) is 4. The molecule has 4 saturated carbocycles. The van der Waals surface area contributed by atoms with Crippen molar-refractivity contribution in [1.82, 2.24) is 15.0 Å². The van der Waals surface area contributed by atoms with Crippen molar-refractivity contribution in [2.75, 3.05) is 0 Å². The van der Waals surface area contributed by atoms with Crippen LogP contribution >= 0.6 is 0 Å². The van der Waals surface area contributed by atoms with E-state index in [1.54, 1.807) is 0 Å². The molecule has 0 radical (unpaired) electrons. The molecule has 0 unspecified atom stereocenters. The highest BCUT2D eigenvalue weighted by Gasteiger charge is 2.51. The highest BCUT2D eigenvalue weighted by Crippen LogP contribution is 2.60. The van der Waals surface area contributed by atoms with Crippen molar-refractivity contribution in [3.8, 4) is 51.4 Å². The summed E-state index contributed by atoms with van der Waals surface area (Å²) in [4.78, 5) is 15.1. The molecular weight excluding hydrogens is 560 g/mol. The largest absolute Gasteiger partial charge is 0.208 e. The van der Waals surface area contributed by atoms with Crippen LogP contribution in [0, 0.1) is 29.1 Å². The van der Waals surface area contributed by atoms with Gasteiger partial charge in [-0.2, -0.15) is 5.26 Å². The van der Waals surface area contributed by atoms with Crippen molar-refractivity contribution >= 4 is 10.8 Å². The molecule has 0 amide bonds. The van der Waals surface area contributed by atoms with Gasteiger partial charge in [0.05, 0.1) is 11.6 Å². The molecule has 222 valence electrons. The Bertz CT molecular complexity index is 2110. The average molecular weight is 595 g/mol. The summed E-state index contributed by atoms with van der Waals surface area (Å²) in [5.74, 6) is 4.79. The molecule has 0 atom stereocenters. The van der Waals surface area contributed by atoms with E-state index in [4.69, 9.17) is 15.0 Å². The lowest BCUT2D eigenvalue weighted by Crippen LogP contribution is -2.48. The van der Waals surface area contributed by atoms with Crippen LogP contribution in [0.15, 0.2) is 115 Å². The normalized spacial score (nSPS) is 23.0. The standard InChI is InChI=1S/C42H34N4/c43-26-27-12-17-38-33(21-27)9-5-11-37(38)34-8-4-10-35(22-34)41-45-39(31-6-2-1-3-7-31)44-40(46-41)32-13-15-36(16-14-32)42-23-28-18-29(24-42)20-30(19-28)25-42/h1-17,21-22,28-30H,18-20,23-25H2/t28-,29+,30?,42?. The monoisotopic (exact) mass is 594 g/mol. The topological polar surface area (TPSA) is 62.5 Å². The molecular formula is C42H34N4. The van der Waals surface area contributed by atoms with E-state index < -0.39 is 0 Å². The summed E-state index contributed by atoms with van der Waals surface area (Å²) in [6.45, 7) is 0. The summed E-state index contributed by atoms with van der Waals surface area (Å²) in [5.41, 5.74) is 7.66. The van der Waals surface area contributed by atoms with Gasteiger partial charge in [-0.15, -0.1) is 0 Å². The van der Waals surface area contributed by atoms with Crippen molar-refractivity contribution in [3.63, 3.8) is 0 Å². The van der Waals surface area contributed by atoms with Gasteiger partial charge in [-0.25, -0.2) is 15.0 Å². The zero-order chi connectivity index (χ0) is 30.7. The van der Waals surface area contributed by atoms with Crippen LogP contribution < -0.4 is 0 Å². The van der Waals surface area contributed by atoms with E-state index in [1.807, 2.05) is 42.5 Å². The lowest BCUT2D eigenvalue weighted by molar-refractivity contribution is -0.00518. The second-order valence-electron chi connectivity index (χ2n) is 13.9. The van der Waals surface area contributed by atoms with Gasteiger partial charge in [0.25, 0.3) is 0 Å². The molecule has 1 heterocycles. The maximum atomic E-state index is 9.41. The molecule has 46 heavy (non-hydrogen) atoms. The minimum atomic E-state index is 0.366. The van der Waals surface area contributed by atoms with Crippen LogP contribution in [0.25, 0.3) is 56.1 Å². The zero-order valence-electron chi connectivity index (χ0n) is 25.7. The number of nitriles is 1. The summed E-state index contributed by atoms with van der Waals surface area (Å²) in [7, 11) is 0. The van der Waals surface area contributed by atoms with E-state index >= 15 is 0 Å². The summed E-state index contributed by atoms with van der Waals surface area (Å²) < 4.78 is 0. The summed E-state index contributed by atoms with van der Waals surface area (Å²) in [6.07, 6.45) is 8.45. The molecule has 4 heteroatoms. The van der Waals surface area contributed by atoms with Crippen molar-refractivity contribution in [2.45, 2.75) is 43.9 Å². The van der Waals surface area contributed by atoms with E-state index in [0.29, 0.717) is 28.5 Å². The van der Waals surface area contributed by atoms with Crippen molar-refractivity contribution in [2.24, 2.45) is 17.8 Å². The second-order valence-corrected chi connectivity index (χ2v) is 13.9. The molecule has 4 fully saturated rings. The molecule has 0 spiro atoms. The van der Waals surface area contributed by atoms with Gasteiger partial charge >= 0.3 is 0 Å². The lowest BCUT2D eigenvalue weighted by Gasteiger charge is -2.57. The van der Waals surface area contributed by atoms with Gasteiger partial charge in [0.15, 0.2) is 17.5 Å². The summed E-state index contributed by atoms with van der Waals surface area (Å²) >= 11 is 0. The SMILES string of the molecule is N#Cc1ccc2c(-c3cccc(-c4nc(-c5ccccc5)nc(-c5ccc(C67CC8C[C@H](C6)C[C@@H](C8)C7)cc5)n4)c3)cccc2c1. The van der Waals surface area contributed by atoms with Crippen LogP contribution in [0.5, 0.6) is 0 Å². The number of rotatable bonds is 5. The number of aromatic nitrogens is 3. The van der Waals surface area contributed by atoms with E-state index in [9.17, 15) is 5.26 Å². The average Bonchev–Trinajstić information content (AvgIpc) is 3.11. The predicted molar refractivity (Wildman–Crippen MR) is 184 cm³/mol. The molecule has 4 aliphatic carbocycles. The molecule has 5 aromatic carbocycles. The fourth-order valence-corrected chi connectivity index (χ4v) is 9.22. The lowest BCUT2D eigenvalue weighted by atomic mass is 9.48. The van der Waals surface area contributed by atoms with Gasteiger partial charge in [-0.1, -0.05) is 97.1 Å². The Morgan fingerprint density at radius 3 is 1.80 bits per heavy atom.